The van der Waals surface area contributed by atoms with E-state index in [1.165, 1.54) is 23.3 Å². The Bertz CT molecular complexity index is 760. The molecule has 24 heavy (non-hydrogen) atoms. The SMILES string of the molecule is Fc1ccc(COc2cccc(C[NH2+]Cc3cccnc3)c2)cc1. The maximum absolute atomic E-state index is 12.9. The Hall–Kier alpha value is -2.72. The minimum Gasteiger partial charge on any atom is -0.489 e. The van der Waals surface area contributed by atoms with Crippen molar-refractivity contribution in [2.24, 2.45) is 0 Å². The average Bonchev–Trinajstić information content (AvgIpc) is 2.63. The van der Waals surface area contributed by atoms with Crippen molar-refractivity contribution in [3.8, 4) is 5.75 Å². The van der Waals surface area contributed by atoms with Crippen LogP contribution in [0.5, 0.6) is 5.75 Å². The molecule has 0 bridgehead atoms. The number of benzene rings is 2. The zero-order valence-corrected chi connectivity index (χ0v) is 13.4. The van der Waals surface area contributed by atoms with Crippen molar-refractivity contribution >= 4 is 0 Å². The molecule has 0 saturated heterocycles. The Morgan fingerprint density at radius 2 is 1.67 bits per heavy atom. The van der Waals surface area contributed by atoms with E-state index in [1.54, 1.807) is 18.3 Å². The van der Waals surface area contributed by atoms with Crippen LogP contribution in [0.1, 0.15) is 16.7 Å². The summed E-state index contributed by atoms with van der Waals surface area (Å²) in [6.45, 7) is 2.21. The van der Waals surface area contributed by atoms with E-state index in [4.69, 9.17) is 4.74 Å². The van der Waals surface area contributed by atoms with E-state index in [2.05, 4.69) is 22.4 Å². The van der Waals surface area contributed by atoms with Gasteiger partial charge in [-0.3, -0.25) is 4.98 Å². The Morgan fingerprint density at radius 1 is 0.875 bits per heavy atom. The highest BCUT2D eigenvalue weighted by molar-refractivity contribution is 5.28. The van der Waals surface area contributed by atoms with Crippen LogP contribution in [0.4, 0.5) is 4.39 Å². The Kier molecular flexibility index (Phi) is 5.53. The fourth-order valence-electron chi connectivity index (χ4n) is 2.43. The van der Waals surface area contributed by atoms with Crippen LogP contribution >= 0.6 is 0 Å². The molecule has 122 valence electrons. The van der Waals surface area contributed by atoms with Crippen LogP contribution < -0.4 is 10.1 Å². The van der Waals surface area contributed by atoms with Crippen molar-refractivity contribution in [3.63, 3.8) is 0 Å². The van der Waals surface area contributed by atoms with Gasteiger partial charge in [0.15, 0.2) is 0 Å². The second kappa shape index (κ2) is 8.22. The highest BCUT2D eigenvalue weighted by atomic mass is 19.1. The first-order valence-electron chi connectivity index (χ1n) is 7.96. The van der Waals surface area contributed by atoms with E-state index in [-0.39, 0.29) is 5.82 Å². The fourth-order valence-corrected chi connectivity index (χ4v) is 2.43. The molecule has 0 atom stereocenters. The van der Waals surface area contributed by atoms with Gasteiger partial charge in [0.1, 0.15) is 31.3 Å². The Labute approximate surface area is 141 Å². The number of hydrogen-bond donors (Lipinski definition) is 1. The summed E-state index contributed by atoms with van der Waals surface area (Å²) < 4.78 is 18.7. The maximum atomic E-state index is 12.9. The number of pyridine rings is 1. The number of aromatic nitrogens is 1. The topological polar surface area (TPSA) is 38.7 Å². The lowest BCUT2D eigenvalue weighted by Crippen LogP contribution is -2.80. The molecule has 1 aromatic heterocycles. The lowest BCUT2D eigenvalue weighted by molar-refractivity contribution is -0.686. The molecule has 2 aromatic carbocycles. The molecule has 1 heterocycles. The van der Waals surface area contributed by atoms with Gasteiger partial charge in [-0.2, -0.15) is 0 Å². The minimum atomic E-state index is -0.232. The molecule has 4 heteroatoms. The molecule has 3 aromatic rings. The van der Waals surface area contributed by atoms with E-state index < -0.39 is 0 Å². The molecule has 0 radical (unpaired) electrons. The molecule has 0 amide bonds. The standard InChI is InChI=1S/C20H19FN2O/c21-19-8-6-16(7-9-19)15-24-20-5-1-3-17(11-20)12-23-14-18-4-2-10-22-13-18/h1-11,13,23H,12,14-15H2/p+1. The monoisotopic (exact) mass is 323 g/mol. The smallest absolute Gasteiger partial charge is 0.123 e. The molecule has 0 saturated carbocycles. The molecular formula is C20H20FN2O+. The van der Waals surface area contributed by atoms with E-state index in [0.29, 0.717) is 6.61 Å². The van der Waals surface area contributed by atoms with Gasteiger partial charge in [-0.25, -0.2) is 4.39 Å². The van der Waals surface area contributed by atoms with E-state index in [1.807, 2.05) is 30.5 Å². The van der Waals surface area contributed by atoms with Gasteiger partial charge in [0, 0.05) is 23.5 Å². The lowest BCUT2D eigenvalue weighted by atomic mass is 10.2. The van der Waals surface area contributed by atoms with Crippen molar-refractivity contribution in [1.82, 2.24) is 4.98 Å². The third-order valence-electron chi connectivity index (χ3n) is 3.70. The van der Waals surface area contributed by atoms with Gasteiger partial charge in [0.05, 0.1) is 0 Å². The Balaban J connectivity index is 1.51. The second-order valence-electron chi connectivity index (χ2n) is 5.62. The predicted molar refractivity (Wildman–Crippen MR) is 90.7 cm³/mol. The summed E-state index contributed by atoms with van der Waals surface area (Å²) in [5, 5.41) is 2.23. The second-order valence-corrected chi connectivity index (χ2v) is 5.62. The van der Waals surface area contributed by atoms with Crippen LogP contribution in [0.15, 0.2) is 73.1 Å². The molecule has 0 aliphatic rings. The summed E-state index contributed by atoms with van der Waals surface area (Å²) in [6.07, 6.45) is 3.67. The number of nitrogens with two attached hydrogens (primary N) is 1. The first-order valence-corrected chi connectivity index (χ1v) is 7.96. The predicted octanol–water partition coefficient (Wildman–Crippen LogP) is 3.06. The van der Waals surface area contributed by atoms with Crippen molar-refractivity contribution in [3.05, 3.63) is 95.6 Å². The van der Waals surface area contributed by atoms with E-state index >= 15 is 0 Å². The number of rotatable bonds is 7. The lowest BCUT2D eigenvalue weighted by Gasteiger charge is -2.08. The van der Waals surface area contributed by atoms with E-state index in [0.717, 1.165) is 24.4 Å². The molecule has 0 spiro atoms. The van der Waals surface area contributed by atoms with Crippen LogP contribution in [-0.4, -0.2) is 4.98 Å². The van der Waals surface area contributed by atoms with Crippen molar-refractivity contribution in [1.29, 1.82) is 0 Å². The normalized spacial score (nSPS) is 10.5. The van der Waals surface area contributed by atoms with Crippen molar-refractivity contribution in [2.45, 2.75) is 19.7 Å². The largest absolute Gasteiger partial charge is 0.489 e. The van der Waals surface area contributed by atoms with Crippen LogP contribution in [-0.2, 0) is 19.7 Å². The molecule has 3 rings (SSSR count). The van der Waals surface area contributed by atoms with E-state index in [9.17, 15) is 4.39 Å². The summed E-state index contributed by atoms with van der Waals surface area (Å²) in [7, 11) is 0. The summed E-state index contributed by atoms with van der Waals surface area (Å²) in [5.41, 5.74) is 3.36. The third kappa shape index (κ3) is 4.89. The molecule has 0 aliphatic carbocycles. The van der Waals surface area contributed by atoms with Crippen molar-refractivity contribution < 1.29 is 14.4 Å². The third-order valence-corrected chi connectivity index (χ3v) is 3.70. The zero-order valence-electron chi connectivity index (χ0n) is 13.4. The summed E-state index contributed by atoms with van der Waals surface area (Å²) >= 11 is 0. The van der Waals surface area contributed by atoms with Crippen molar-refractivity contribution in [2.75, 3.05) is 0 Å². The number of quaternary nitrogens is 1. The van der Waals surface area contributed by atoms with Gasteiger partial charge >= 0.3 is 0 Å². The van der Waals surface area contributed by atoms with Gasteiger partial charge in [0.25, 0.3) is 0 Å². The molecule has 0 aliphatic heterocycles. The highest BCUT2D eigenvalue weighted by Crippen LogP contribution is 2.15. The first-order chi connectivity index (χ1) is 11.8. The summed E-state index contributed by atoms with van der Waals surface area (Å²) in [5.74, 6) is 0.594. The van der Waals surface area contributed by atoms with Crippen LogP contribution in [0.3, 0.4) is 0 Å². The number of hydrogen-bond acceptors (Lipinski definition) is 2. The quantitative estimate of drug-likeness (QED) is 0.726. The molecular weight excluding hydrogens is 303 g/mol. The van der Waals surface area contributed by atoms with Gasteiger partial charge in [0.2, 0.25) is 0 Å². The fraction of sp³-hybridized carbons (Fsp3) is 0.150. The van der Waals surface area contributed by atoms with Gasteiger partial charge in [-0.05, 0) is 35.9 Å². The van der Waals surface area contributed by atoms with Gasteiger partial charge in [-0.1, -0.05) is 30.3 Å². The molecule has 3 nitrogen and oxygen atoms in total. The van der Waals surface area contributed by atoms with Crippen LogP contribution in [0, 0.1) is 5.82 Å². The number of halogens is 1. The van der Waals surface area contributed by atoms with Crippen LogP contribution in [0.2, 0.25) is 0 Å². The maximum Gasteiger partial charge on any atom is 0.123 e. The van der Waals surface area contributed by atoms with Gasteiger partial charge in [-0.15, -0.1) is 0 Å². The Morgan fingerprint density at radius 3 is 2.46 bits per heavy atom. The van der Waals surface area contributed by atoms with Gasteiger partial charge < -0.3 is 10.1 Å². The number of nitrogens with zero attached hydrogens (tertiary/aromatic N) is 1. The number of ether oxygens (including phenoxy) is 1. The molecule has 0 fully saturated rings. The molecule has 2 N–H and O–H groups in total. The highest BCUT2D eigenvalue weighted by Gasteiger charge is 2.01. The summed E-state index contributed by atoms with van der Waals surface area (Å²) in [4.78, 5) is 4.12. The summed E-state index contributed by atoms with van der Waals surface area (Å²) in [6, 6.07) is 18.5. The zero-order chi connectivity index (χ0) is 16.6. The first kappa shape index (κ1) is 16.1. The molecule has 0 unspecified atom stereocenters. The minimum absolute atomic E-state index is 0.232. The van der Waals surface area contributed by atoms with Crippen LogP contribution in [0.25, 0.3) is 0 Å². The average molecular weight is 323 g/mol.